The molecule has 122 valence electrons. The minimum Gasteiger partial charge on any atom is -0.486 e. The summed E-state index contributed by atoms with van der Waals surface area (Å²) in [5.41, 5.74) is 1.66. The second kappa shape index (κ2) is 6.08. The Morgan fingerprint density at radius 3 is 2.87 bits per heavy atom. The molecule has 1 unspecified atom stereocenters. The molecule has 1 atom stereocenters. The number of rotatable bonds is 4. The second-order valence-corrected chi connectivity index (χ2v) is 5.80. The fraction of sp³-hybridized carbons (Fsp3) is 0.500. The van der Waals surface area contributed by atoms with Gasteiger partial charge in [0.2, 0.25) is 5.91 Å². The number of amides is 1. The molecule has 0 bridgehead atoms. The molecule has 1 N–H and O–H groups in total. The van der Waals surface area contributed by atoms with Crippen LogP contribution in [-0.2, 0) is 16.1 Å². The predicted molar refractivity (Wildman–Crippen MR) is 82.7 cm³/mol. The molecule has 3 heterocycles. The molecule has 4 rings (SSSR count). The largest absolute Gasteiger partial charge is 0.486 e. The van der Waals surface area contributed by atoms with Crippen molar-refractivity contribution in [2.24, 2.45) is 0 Å². The fourth-order valence-corrected chi connectivity index (χ4v) is 2.96. The molecule has 1 aromatic carbocycles. The second-order valence-electron chi connectivity index (χ2n) is 5.80. The average Bonchev–Trinajstić information content (AvgIpc) is 3.21. The Morgan fingerprint density at radius 2 is 2.09 bits per heavy atom. The molecule has 1 aromatic heterocycles. The van der Waals surface area contributed by atoms with E-state index >= 15 is 0 Å². The highest BCUT2D eigenvalue weighted by Gasteiger charge is 2.18. The van der Waals surface area contributed by atoms with Crippen molar-refractivity contribution in [3.8, 4) is 11.5 Å². The van der Waals surface area contributed by atoms with Gasteiger partial charge in [-0.2, -0.15) is 0 Å². The van der Waals surface area contributed by atoms with Crippen LogP contribution in [0.15, 0.2) is 18.5 Å². The van der Waals surface area contributed by atoms with Crippen LogP contribution < -0.4 is 14.8 Å². The van der Waals surface area contributed by atoms with Crippen molar-refractivity contribution < 1.29 is 19.0 Å². The number of hydrogen-bond acceptors (Lipinski definition) is 5. The Balaban J connectivity index is 1.46. The smallest absolute Gasteiger partial charge is 0.240 e. The van der Waals surface area contributed by atoms with Crippen molar-refractivity contribution in [2.45, 2.75) is 25.5 Å². The number of ether oxygens (including phenoxy) is 3. The van der Waals surface area contributed by atoms with Crippen molar-refractivity contribution in [1.29, 1.82) is 0 Å². The highest BCUT2D eigenvalue weighted by atomic mass is 16.6. The van der Waals surface area contributed by atoms with Crippen LogP contribution in [0.4, 0.5) is 0 Å². The predicted octanol–water partition coefficient (Wildman–Crippen LogP) is 1.10. The van der Waals surface area contributed by atoms with Gasteiger partial charge in [0.15, 0.2) is 11.5 Å². The van der Waals surface area contributed by atoms with Crippen molar-refractivity contribution >= 4 is 16.9 Å². The van der Waals surface area contributed by atoms with E-state index in [1.807, 2.05) is 16.7 Å². The van der Waals surface area contributed by atoms with Gasteiger partial charge >= 0.3 is 0 Å². The van der Waals surface area contributed by atoms with Gasteiger partial charge < -0.3 is 24.1 Å². The summed E-state index contributed by atoms with van der Waals surface area (Å²) < 4.78 is 18.5. The maximum absolute atomic E-state index is 12.1. The molecule has 0 saturated carbocycles. The van der Waals surface area contributed by atoms with Gasteiger partial charge in [0.25, 0.3) is 0 Å². The summed E-state index contributed by atoms with van der Waals surface area (Å²) >= 11 is 0. The van der Waals surface area contributed by atoms with E-state index in [4.69, 9.17) is 14.2 Å². The summed E-state index contributed by atoms with van der Waals surface area (Å²) in [6.07, 6.45) is 3.90. The molecule has 7 nitrogen and oxygen atoms in total. The number of imidazole rings is 1. The quantitative estimate of drug-likeness (QED) is 0.914. The highest BCUT2D eigenvalue weighted by molar-refractivity contribution is 5.83. The topological polar surface area (TPSA) is 74.6 Å². The Hall–Kier alpha value is -2.28. The number of hydrogen-bond donors (Lipinski definition) is 1. The van der Waals surface area contributed by atoms with Gasteiger partial charge in [0.1, 0.15) is 19.8 Å². The third-order valence-electron chi connectivity index (χ3n) is 4.15. The lowest BCUT2D eigenvalue weighted by Gasteiger charge is -2.18. The summed E-state index contributed by atoms with van der Waals surface area (Å²) in [4.78, 5) is 16.5. The molecular formula is C16H19N3O4. The first-order chi connectivity index (χ1) is 11.3. The SMILES string of the molecule is O=C(Cn1cnc2cc3c(cc21)OCCO3)NCC1CCCO1. The number of fused-ring (bicyclic) bond motifs is 2. The van der Waals surface area contributed by atoms with Crippen LogP contribution in [0.2, 0.25) is 0 Å². The first-order valence-corrected chi connectivity index (χ1v) is 7.92. The molecule has 0 radical (unpaired) electrons. The van der Waals surface area contributed by atoms with Crippen LogP contribution >= 0.6 is 0 Å². The average molecular weight is 317 g/mol. The van der Waals surface area contributed by atoms with E-state index in [-0.39, 0.29) is 18.6 Å². The number of carbonyl (C=O) groups excluding carboxylic acids is 1. The maximum Gasteiger partial charge on any atom is 0.240 e. The Kier molecular flexibility index (Phi) is 3.78. The van der Waals surface area contributed by atoms with Gasteiger partial charge in [0.05, 0.1) is 23.5 Å². The normalized spacial score (nSPS) is 19.9. The third-order valence-corrected chi connectivity index (χ3v) is 4.15. The van der Waals surface area contributed by atoms with E-state index in [0.29, 0.717) is 31.3 Å². The van der Waals surface area contributed by atoms with Crippen molar-refractivity contribution in [3.63, 3.8) is 0 Å². The third kappa shape index (κ3) is 2.96. The molecule has 1 fully saturated rings. The van der Waals surface area contributed by atoms with Crippen LogP contribution in [-0.4, -0.2) is 47.9 Å². The zero-order valence-electron chi connectivity index (χ0n) is 12.8. The molecule has 1 saturated heterocycles. The molecule has 2 aliphatic rings. The highest BCUT2D eigenvalue weighted by Crippen LogP contribution is 2.34. The number of aromatic nitrogens is 2. The van der Waals surface area contributed by atoms with Gasteiger partial charge in [-0.1, -0.05) is 0 Å². The number of carbonyl (C=O) groups is 1. The van der Waals surface area contributed by atoms with Gasteiger partial charge in [-0.25, -0.2) is 4.98 Å². The Labute approximate surface area is 133 Å². The van der Waals surface area contributed by atoms with Gasteiger partial charge in [0, 0.05) is 25.3 Å². The number of benzene rings is 1. The van der Waals surface area contributed by atoms with E-state index in [1.54, 1.807) is 6.33 Å². The monoisotopic (exact) mass is 317 g/mol. The Morgan fingerprint density at radius 1 is 1.26 bits per heavy atom. The van der Waals surface area contributed by atoms with Crippen molar-refractivity contribution in [2.75, 3.05) is 26.4 Å². The van der Waals surface area contributed by atoms with Gasteiger partial charge in [-0.15, -0.1) is 0 Å². The zero-order valence-corrected chi connectivity index (χ0v) is 12.8. The van der Waals surface area contributed by atoms with Crippen LogP contribution in [0.5, 0.6) is 11.5 Å². The molecule has 0 aliphatic carbocycles. The number of nitrogens with one attached hydrogen (secondary N) is 1. The van der Waals surface area contributed by atoms with Crippen LogP contribution in [0.1, 0.15) is 12.8 Å². The van der Waals surface area contributed by atoms with Crippen LogP contribution in [0.25, 0.3) is 11.0 Å². The summed E-state index contributed by atoms with van der Waals surface area (Å²) in [5.74, 6) is 1.36. The zero-order chi connectivity index (χ0) is 15.6. The van der Waals surface area contributed by atoms with E-state index in [0.717, 1.165) is 30.5 Å². The fourth-order valence-electron chi connectivity index (χ4n) is 2.96. The van der Waals surface area contributed by atoms with E-state index in [9.17, 15) is 4.79 Å². The van der Waals surface area contributed by atoms with Gasteiger partial charge in [-0.3, -0.25) is 4.79 Å². The number of nitrogens with zero attached hydrogens (tertiary/aromatic N) is 2. The van der Waals surface area contributed by atoms with E-state index < -0.39 is 0 Å². The lowest BCUT2D eigenvalue weighted by Crippen LogP contribution is -2.34. The Bertz CT molecular complexity index is 721. The van der Waals surface area contributed by atoms with Gasteiger partial charge in [-0.05, 0) is 12.8 Å². The van der Waals surface area contributed by atoms with Crippen LogP contribution in [0.3, 0.4) is 0 Å². The molecule has 7 heteroatoms. The maximum atomic E-state index is 12.1. The van der Waals surface area contributed by atoms with Crippen molar-refractivity contribution in [1.82, 2.24) is 14.9 Å². The molecule has 0 spiro atoms. The van der Waals surface area contributed by atoms with Crippen LogP contribution in [0, 0.1) is 0 Å². The van der Waals surface area contributed by atoms with E-state index in [2.05, 4.69) is 10.3 Å². The van der Waals surface area contributed by atoms with E-state index in [1.165, 1.54) is 0 Å². The summed E-state index contributed by atoms with van der Waals surface area (Å²) in [7, 11) is 0. The molecule has 1 amide bonds. The molecular weight excluding hydrogens is 298 g/mol. The summed E-state index contributed by atoms with van der Waals surface area (Å²) in [6.45, 7) is 2.67. The minimum absolute atomic E-state index is 0.0466. The summed E-state index contributed by atoms with van der Waals surface area (Å²) in [6, 6.07) is 3.73. The first kappa shape index (κ1) is 14.3. The molecule has 2 aliphatic heterocycles. The first-order valence-electron chi connectivity index (χ1n) is 7.92. The lowest BCUT2D eigenvalue weighted by molar-refractivity contribution is -0.122. The molecule has 23 heavy (non-hydrogen) atoms. The van der Waals surface area contributed by atoms with Crippen molar-refractivity contribution in [3.05, 3.63) is 18.5 Å². The minimum atomic E-state index is -0.0466. The molecule has 2 aromatic rings. The standard InChI is InChI=1S/C16H19N3O4/c20-16(17-8-11-2-1-3-21-11)9-19-10-18-12-6-14-15(7-13(12)19)23-5-4-22-14/h6-7,10-11H,1-5,8-9H2,(H,17,20). The summed E-state index contributed by atoms with van der Waals surface area (Å²) in [5, 5.41) is 2.92. The lowest BCUT2D eigenvalue weighted by atomic mass is 10.2.